The van der Waals surface area contributed by atoms with Gasteiger partial charge in [0, 0.05) is 7.11 Å². The lowest BCUT2D eigenvalue weighted by atomic mass is 10.2. The fourth-order valence-electron chi connectivity index (χ4n) is 1.16. The van der Waals surface area contributed by atoms with Crippen molar-refractivity contribution in [2.45, 2.75) is 24.9 Å². The Morgan fingerprint density at radius 3 is 2.77 bits per heavy atom. The molecule has 0 radical (unpaired) electrons. The molecule has 0 aromatic heterocycles. The van der Waals surface area contributed by atoms with E-state index in [1.165, 1.54) is 0 Å². The van der Waals surface area contributed by atoms with Crippen LogP contribution in [0, 0.1) is 0 Å². The third-order valence-electron chi connectivity index (χ3n) is 2.04. The Morgan fingerprint density at radius 2 is 2.15 bits per heavy atom. The van der Waals surface area contributed by atoms with Crippen LogP contribution in [-0.4, -0.2) is 50.0 Å². The van der Waals surface area contributed by atoms with E-state index in [1.54, 1.807) is 14.0 Å². The zero-order chi connectivity index (χ0) is 9.90. The fourth-order valence-corrected chi connectivity index (χ4v) is 1.16. The minimum absolute atomic E-state index is 0.182. The maximum absolute atomic E-state index is 9.39. The Morgan fingerprint density at radius 1 is 1.54 bits per heavy atom. The average Bonchev–Trinajstić information content (AvgIpc) is 2.21. The van der Waals surface area contributed by atoms with Gasteiger partial charge in [0.1, 0.15) is 0 Å². The lowest BCUT2D eigenvalue weighted by Gasteiger charge is -2.26. The highest BCUT2D eigenvalue weighted by Gasteiger charge is 2.33. The standard InChI is InChI=1S/C8H17NO4/c1-8(5-11-2)12-3-6(9)7(10)4-13-8/h6-7,10H,3-5,9H2,1-2H3. The highest BCUT2D eigenvalue weighted by Crippen LogP contribution is 2.17. The molecule has 3 N–H and O–H groups in total. The SMILES string of the molecule is COCC1(C)OCC(N)C(O)CO1. The van der Waals surface area contributed by atoms with Crippen molar-refractivity contribution in [3.8, 4) is 0 Å². The summed E-state index contributed by atoms with van der Waals surface area (Å²) in [6, 6.07) is -0.390. The topological polar surface area (TPSA) is 73.9 Å². The summed E-state index contributed by atoms with van der Waals surface area (Å²) in [5, 5.41) is 9.39. The number of rotatable bonds is 2. The summed E-state index contributed by atoms with van der Waals surface area (Å²) < 4.78 is 15.7. The second-order valence-electron chi connectivity index (χ2n) is 3.42. The number of aliphatic hydroxyl groups excluding tert-OH is 1. The quantitative estimate of drug-likeness (QED) is 0.590. The molecule has 0 bridgehead atoms. The second-order valence-corrected chi connectivity index (χ2v) is 3.42. The Kier molecular flexibility index (Phi) is 3.63. The van der Waals surface area contributed by atoms with E-state index >= 15 is 0 Å². The number of nitrogens with two attached hydrogens (primary N) is 1. The molecule has 1 rings (SSSR count). The number of aliphatic hydroxyl groups is 1. The molecule has 0 aromatic rings. The van der Waals surface area contributed by atoms with E-state index in [0.717, 1.165) is 0 Å². The molecule has 78 valence electrons. The van der Waals surface area contributed by atoms with Crippen molar-refractivity contribution in [2.75, 3.05) is 26.9 Å². The van der Waals surface area contributed by atoms with Gasteiger partial charge in [0.05, 0.1) is 32.0 Å². The average molecular weight is 191 g/mol. The van der Waals surface area contributed by atoms with E-state index < -0.39 is 17.9 Å². The van der Waals surface area contributed by atoms with Gasteiger partial charge in [-0.1, -0.05) is 0 Å². The number of hydrogen-bond acceptors (Lipinski definition) is 5. The van der Waals surface area contributed by atoms with Gasteiger partial charge >= 0.3 is 0 Å². The summed E-state index contributed by atoms with van der Waals surface area (Å²) in [4.78, 5) is 0. The molecule has 1 aliphatic heterocycles. The molecule has 5 heteroatoms. The van der Waals surface area contributed by atoms with Gasteiger partial charge in [0.25, 0.3) is 0 Å². The van der Waals surface area contributed by atoms with Crippen LogP contribution in [0.5, 0.6) is 0 Å². The van der Waals surface area contributed by atoms with Crippen molar-refractivity contribution in [1.82, 2.24) is 0 Å². The maximum atomic E-state index is 9.39. The van der Waals surface area contributed by atoms with Crippen molar-refractivity contribution in [3.05, 3.63) is 0 Å². The van der Waals surface area contributed by atoms with Crippen LogP contribution in [0.15, 0.2) is 0 Å². The van der Waals surface area contributed by atoms with Crippen LogP contribution in [0.3, 0.4) is 0 Å². The normalized spacial score (nSPS) is 41.5. The van der Waals surface area contributed by atoms with Gasteiger partial charge in [-0.3, -0.25) is 0 Å². The molecule has 1 heterocycles. The lowest BCUT2D eigenvalue weighted by molar-refractivity contribution is -0.238. The number of methoxy groups -OCH3 is 1. The van der Waals surface area contributed by atoms with E-state index in [9.17, 15) is 5.11 Å². The predicted octanol–water partition coefficient (Wildman–Crippen LogP) is -0.916. The molecule has 0 aliphatic carbocycles. The van der Waals surface area contributed by atoms with Crippen LogP contribution in [0.25, 0.3) is 0 Å². The highest BCUT2D eigenvalue weighted by molar-refractivity contribution is 4.77. The molecular weight excluding hydrogens is 174 g/mol. The Balaban J connectivity index is 2.52. The van der Waals surface area contributed by atoms with Crippen molar-refractivity contribution in [2.24, 2.45) is 5.73 Å². The first-order valence-corrected chi connectivity index (χ1v) is 4.28. The molecule has 3 unspecified atom stereocenters. The summed E-state index contributed by atoms with van der Waals surface area (Å²) in [6.07, 6.45) is -0.668. The fraction of sp³-hybridized carbons (Fsp3) is 1.00. The summed E-state index contributed by atoms with van der Waals surface area (Å²) in [5.74, 6) is -0.788. The van der Waals surface area contributed by atoms with Gasteiger partial charge in [0.15, 0.2) is 5.79 Å². The molecule has 1 saturated heterocycles. The third-order valence-corrected chi connectivity index (χ3v) is 2.04. The van der Waals surface area contributed by atoms with E-state index in [2.05, 4.69) is 0 Å². The summed E-state index contributed by atoms with van der Waals surface area (Å²) in [5.41, 5.74) is 5.60. The van der Waals surface area contributed by atoms with Gasteiger partial charge in [-0.25, -0.2) is 0 Å². The summed E-state index contributed by atoms with van der Waals surface area (Å²) in [6.45, 7) is 2.55. The smallest absolute Gasteiger partial charge is 0.189 e. The van der Waals surface area contributed by atoms with Crippen molar-refractivity contribution in [1.29, 1.82) is 0 Å². The summed E-state index contributed by atoms with van der Waals surface area (Å²) in [7, 11) is 1.57. The minimum Gasteiger partial charge on any atom is -0.389 e. The molecule has 3 atom stereocenters. The highest BCUT2D eigenvalue weighted by atomic mass is 16.7. The monoisotopic (exact) mass is 191 g/mol. The zero-order valence-corrected chi connectivity index (χ0v) is 8.03. The predicted molar refractivity (Wildman–Crippen MR) is 46.2 cm³/mol. The van der Waals surface area contributed by atoms with Crippen molar-refractivity contribution >= 4 is 0 Å². The first-order chi connectivity index (χ1) is 6.07. The molecule has 0 amide bonds. The Bertz CT molecular complexity index is 152. The van der Waals surface area contributed by atoms with Crippen LogP contribution in [0.1, 0.15) is 6.92 Å². The molecule has 13 heavy (non-hydrogen) atoms. The van der Waals surface area contributed by atoms with Gasteiger partial charge in [-0.15, -0.1) is 0 Å². The maximum Gasteiger partial charge on any atom is 0.189 e. The second kappa shape index (κ2) is 4.34. The van der Waals surface area contributed by atoms with Crippen molar-refractivity contribution < 1.29 is 19.3 Å². The molecule has 0 saturated carbocycles. The largest absolute Gasteiger partial charge is 0.389 e. The first kappa shape index (κ1) is 10.9. The van der Waals surface area contributed by atoms with E-state index in [0.29, 0.717) is 6.61 Å². The Hall–Kier alpha value is -0.200. The van der Waals surface area contributed by atoms with Gasteiger partial charge in [-0.05, 0) is 6.92 Å². The summed E-state index contributed by atoms with van der Waals surface area (Å²) >= 11 is 0. The van der Waals surface area contributed by atoms with Crippen LogP contribution >= 0.6 is 0 Å². The van der Waals surface area contributed by atoms with E-state index in [1.807, 2.05) is 0 Å². The zero-order valence-electron chi connectivity index (χ0n) is 8.03. The first-order valence-electron chi connectivity index (χ1n) is 4.28. The number of hydrogen-bond donors (Lipinski definition) is 2. The third kappa shape index (κ3) is 2.89. The van der Waals surface area contributed by atoms with Crippen LogP contribution < -0.4 is 5.73 Å². The molecule has 1 fully saturated rings. The van der Waals surface area contributed by atoms with Crippen LogP contribution in [0.2, 0.25) is 0 Å². The lowest BCUT2D eigenvalue weighted by Crippen LogP contribution is -2.39. The van der Waals surface area contributed by atoms with E-state index in [4.69, 9.17) is 19.9 Å². The van der Waals surface area contributed by atoms with Crippen LogP contribution in [0.4, 0.5) is 0 Å². The van der Waals surface area contributed by atoms with Gasteiger partial charge < -0.3 is 25.1 Å². The molecule has 5 nitrogen and oxygen atoms in total. The molecule has 0 aromatic carbocycles. The Labute approximate surface area is 77.8 Å². The van der Waals surface area contributed by atoms with E-state index in [-0.39, 0.29) is 13.2 Å². The minimum atomic E-state index is -0.788. The van der Waals surface area contributed by atoms with Gasteiger partial charge in [0.2, 0.25) is 0 Å². The van der Waals surface area contributed by atoms with Gasteiger partial charge in [-0.2, -0.15) is 0 Å². The molecule has 0 spiro atoms. The molecule has 1 aliphatic rings. The van der Waals surface area contributed by atoms with Crippen molar-refractivity contribution in [3.63, 3.8) is 0 Å². The number of ether oxygens (including phenoxy) is 3. The molecular formula is C8H17NO4. The van der Waals surface area contributed by atoms with Crippen LogP contribution in [-0.2, 0) is 14.2 Å².